The molecule has 4 atom stereocenters. The van der Waals surface area contributed by atoms with Crippen LogP contribution < -0.4 is 4.74 Å². The molecule has 0 amide bonds. The van der Waals surface area contributed by atoms with E-state index in [-0.39, 0.29) is 0 Å². The summed E-state index contributed by atoms with van der Waals surface area (Å²) in [6, 6.07) is 45.0. The van der Waals surface area contributed by atoms with Crippen molar-refractivity contribution in [2.24, 2.45) is 0 Å². The highest BCUT2D eigenvalue weighted by Crippen LogP contribution is 2.43. The van der Waals surface area contributed by atoms with Gasteiger partial charge in [0.15, 0.2) is 0 Å². The Labute approximate surface area is 295 Å². The highest BCUT2D eigenvalue weighted by molar-refractivity contribution is 6.31. The van der Waals surface area contributed by atoms with Gasteiger partial charge in [0, 0.05) is 5.02 Å². The van der Waals surface area contributed by atoms with E-state index in [1.54, 1.807) is 0 Å². The third kappa shape index (κ3) is 9.18. The van der Waals surface area contributed by atoms with Crippen LogP contribution in [-0.4, -0.2) is 30.5 Å². The van der Waals surface area contributed by atoms with Crippen LogP contribution in [0.4, 0.5) is 0 Å². The van der Waals surface area contributed by atoms with Crippen LogP contribution in [-0.2, 0) is 45.2 Å². The van der Waals surface area contributed by atoms with Crippen LogP contribution in [0.1, 0.15) is 60.3 Å². The highest BCUT2D eigenvalue weighted by Gasteiger charge is 2.52. The lowest BCUT2D eigenvalue weighted by Gasteiger charge is -2.50. The Bertz CT molecular complexity index is 1730. The number of benzene rings is 5. The van der Waals surface area contributed by atoms with E-state index in [0.717, 1.165) is 39.1 Å². The predicted molar refractivity (Wildman–Crippen MR) is 195 cm³/mol. The van der Waals surface area contributed by atoms with Crippen LogP contribution in [0.15, 0.2) is 133 Å². The van der Waals surface area contributed by atoms with Crippen molar-refractivity contribution >= 4 is 11.6 Å². The van der Waals surface area contributed by atoms with Crippen LogP contribution in [0.25, 0.3) is 0 Å². The average molecular weight is 677 g/mol. The first-order chi connectivity index (χ1) is 23.9. The molecule has 0 radical (unpaired) electrons. The van der Waals surface area contributed by atoms with E-state index in [1.807, 2.05) is 85.8 Å². The minimum absolute atomic E-state index is 0.398. The molecule has 0 aromatic heterocycles. The molecule has 1 fully saturated rings. The van der Waals surface area contributed by atoms with Gasteiger partial charge in [-0.2, -0.15) is 0 Å². The fourth-order valence-electron chi connectivity index (χ4n) is 6.41. The summed E-state index contributed by atoms with van der Waals surface area (Å²) in [6.45, 7) is 8.01. The predicted octanol–water partition coefficient (Wildman–Crippen LogP) is 9.94. The minimum Gasteiger partial charge on any atom is -0.494 e. The monoisotopic (exact) mass is 676 g/mol. The lowest BCUT2D eigenvalue weighted by atomic mass is 9.84. The number of hydrogen-bond acceptors (Lipinski definition) is 5. The minimum atomic E-state index is -0.720. The summed E-state index contributed by atoms with van der Waals surface area (Å²) in [5, 5.41) is 0.704. The molecule has 1 aliphatic heterocycles. The maximum atomic E-state index is 7.04. The summed E-state index contributed by atoms with van der Waals surface area (Å²) in [5.41, 5.74) is 5.64. The van der Waals surface area contributed by atoms with Crippen molar-refractivity contribution in [3.63, 3.8) is 0 Å². The lowest BCUT2D eigenvalue weighted by Crippen LogP contribution is -2.61. The molecule has 0 unspecified atom stereocenters. The number of halogens is 1. The Morgan fingerprint density at radius 1 is 0.612 bits per heavy atom. The normalized spacial score (nSPS) is 20.2. The molecule has 49 heavy (non-hydrogen) atoms. The van der Waals surface area contributed by atoms with Crippen molar-refractivity contribution in [1.29, 1.82) is 0 Å². The van der Waals surface area contributed by atoms with Gasteiger partial charge < -0.3 is 23.7 Å². The molecule has 0 N–H and O–H groups in total. The van der Waals surface area contributed by atoms with Crippen LogP contribution in [0.2, 0.25) is 5.02 Å². The number of hydrogen-bond donors (Lipinski definition) is 0. The Balaban J connectivity index is 1.35. The van der Waals surface area contributed by atoms with Crippen molar-refractivity contribution in [2.45, 2.75) is 77.0 Å². The smallest absolute Gasteiger partial charge is 0.119 e. The molecule has 5 aromatic rings. The van der Waals surface area contributed by atoms with Gasteiger partial charge in [-0.15, -0.1) is 0 Å². The van der Waals surface area contributed by atoms with Gasteiger partial charge in [0.25, 0.3) is 0 Å². The summed E-state index contributed by atoms with van der Waals surface area (Å²) in [5.74, 6) is 0.855. The molecule has 0 bridgehead atoms. The first-order valence-electron chi connectivity index (χ1n) is 17.0. The lowest BCUT2D eigenvalue weighted by molar-refractivity contribution is -0.295. The van der Waals surface area contributed by atoms with Crippen molar-refractivity contribution in [2.75, 3.05) is 6.61 Å². The third-order valence-corrected chi connectivity index (χ3v) is 9.28. The SMILES string of the molecule is CCOc1ccc(Cc2cc([C@@H]3OC(C)(C)[C@@H](OCc4ccccc4)[C@H](OCc4ccccc4)[C@H]3OCc3ccccc3)ccc2Cl)cc1. The number of ether oxygens (including phenoxy) is 5. The van der Waals surface area contributed by atoms with Gasteiger partial charge in [0.1, 0.15) is 30.2 Å². The summed E-state index contributed by atoms with van der Waals surface area (Å²) in [7, 11) is 0. The van der Waals surface area contributed by atoms with E-state index in [4.69, 9.17) is 35.3 Å². The average Bonchev–Trinajstić information content (AvgIpc) is 3.12. The van der Waals surface area contributed by atoms with Gasteiger partial charge in [-0.3, -0.25) is 0 Å². The Morgan fingerprint density at radius 2 is 1.14 bits per heavy atom. The molecule has 6 heteroatoms. The van der Waals surface area contributed by atoms with E-state index < -0.39 is 30.0 Å². The van der Waals surface area contributed by atoms with Crippen molar-refractivity contribution in [3.8, 4) is 5.75 Å². The number of rotatable bonds is 14. The summed E-state index contributed by atoms with van der Waals surface area (Å²) < 4.78 is 33.2. The van der Waals surface area contributed by atoms with E-state index in [9.17, 15) is 0 Å². The molecular formula is C43H45ClO5. The van der Waals surface area contributed by atoms with Gasteiger partial charge in [-0.1, -0.05) is 127 Å². The van der Waals surface area contributed by atoms with E-state index in [2.05, 4.69) is 68.4 Å². The second kappa shape index (κ2) is 16.6. The van der Waals surface area contributed by atoms with E-state index >= 15 is 0 Å². The Hall–Kier alpha value is -3.97. The molecule has 0 spiro atoms. The molecule has 0 aliphatic carbocycles. The summed E-state index contributed by atoms with van der Waals surface area (Å²) in [6.07, 6.45) is -1.15. The largest absolute Gasteiger partial charge is 0.494 e. The van der Waals surface area contributed by atoms with Gasteiger partial charge in [-0.05, 0) is 78.8 Å². The maximum absolute atomic E-state index is 7.04. The van der Waals surface area contributed by atoms with E-state index in [0.29, 0.717) is 37.9 Å². The topological polar surface area (TPSA) is 46.2 Å². The summed E-state index contributed by atoms with van der Waals surface area (Å²) in [4.78, 5) is 0. The zero-order chi connectivity index (χ0) is 34.1. The maximum Gasteiger partial charge on any atom is 0.119 e. The third-order valence-electron chi connectivity index (χ3n) is 8.91. The van der Waals surface area contributed by atoms with Crippen LogP contribution in [0, 0.1) is 0 Å². The highest BCUT2D eigenvalue weighted by atomic mass is 35.5. The molecule has 1 heterocycles. The molecule has 5 nitrogen and oxygen atoms in total. The fraction of sp³-hybridized carbons (Fsp3) is 0.302. The molecule has 5 aromatic carbocycles. The molecule has 6 rings (SSSR count). The van der Waals surface area contributed by atoms with Gasteiger partial charge in [0.05, 0.1) is 32.0 Å². The zero-order valence-corrected chi connectivity index (χ0v) is 29.2. The molecule has 254 valence electrons. The van der Waals surface area contributed by atoms with Crippen molar-refractivity contribution in [3.05, 3.63) is 172 Å². The molecular weight excluding hydrogens is 632 g/mol. The first kappa shape index (κ1) is 34.9. The van der Waals surface area contributed by atoms with Gasteiger partial charge >= 0.3 is 0 Å². The van der Waals surface area contributed by atoms with Gasteiger partial charge in [0.2, 0.25) is 0 Å². The quantitative estimate of drug-likeness (QED) is 0.117. The summed E-state index contributed by atoms with van der Waals surface area (Å²) >= 11 is 6.83. The molecule has 1 saturated heterocycles. The zero-order valence-electron chi connectivity index (χ0n) is 28.5. The fourth-order valence-corrected chi connectivity index (χ4v) is 6.59. The standard InChI is InChI=1S/C43H45ClO5/c1-4-45-37-23-20-31(21-24-37)26-36-27-35(22-25-38(36)44)39-40(46-28-32-14-8-5-9-15-32)41(47-29-33-16-10-6-11-17-33)42(43(2,3)49-39)48-30-34-18-12-7-13-19-34/h5-25,27,39-42H,4,26,28-30H2,1-3H3/t39-,40-,41+,42-/m0/s1. The molecule has 1 aliphatic rings. The first-order valence-corrected chi connectivity index (χ1v) is 17.4. The van der Waals surface area contributed by atoms with Crippen molar-refractivity contribution < 1.29 is 23.7 Å². The molecule has 0 saturated carbocycles. The van der Waals surface area contributed by atoms with E-state index in [1.165, 1.54) is 0 Å². The van der Waals surface area contributed by atoms with Crippen LogP contribution in [0.3, 0.4) is 0 Å². The second-order valence-electron chi connectivity index (χ2n) is 13.0. The second-order valence-corrected chi connectivity index (χ2v) is 13.4. The van der Waals surface area contributed by atoms with Crippen LogP contribution in [0.5, 0.6) is 5.75 Å². The van der Waals surface area contributed by atoms with Crippen LogP contribution >= 0.6 is 11.6 Å². The Morgan fingerprint density at radius 3 is 1.69 bits per heavy atom. The Kier molecular flexibility index (Phi) is 11.8. The van der Waals surface area contributed by atoms with Gasteiger partial charge in [-0.25, -0.2) is 0 Å². The van der Waals surface area contributed by atoms with Crippen molar-refractivity contribution in [1.82, 2.24) is 0 Å².